The van der Waals surface area contributed by atoms with Gasteiger partial charge in [-0.1, -0.05) is 47.5 Å². The molecular weight excluding hydrogens is 352 g/mol. The third-order valence-corrected chi connectivity index (χ3v) is 3.92. The Hall–Kier alpha value is -3.11. The first-order valence-electron chi connectivity index (χ1n) is 7.88. The molecule has 0 aliphatic rings. The first kappa shape index (κ1) is 17.7. The average molecular weight is 367 g/mol. The van der Waals surface area contributed by atoms with Crippen LogP contribution in [0.5, 0.6) is 11.5 Å². The second-order valence-electron chi connectivity index (χ2n) is 5.60. The van der Waals surface area contributed by atoms with Gasteiger partial charge in [0.1, 0.15) is 11.5 Å². The predicted molar refractivity (Wildman–Crippen MR) is 99.0 cm³/mol. The van der Waals surface area contributed by atoms with Gasteiger partial charge < -0.3 is 9.47 Å². The molecule has 0 bridgehead atoms. The van der Waals surface area contributed by atoms with Crippen LogP contribution < -0.4 is 9.47 Å². The van der Waals surface area contributed by atoms with E-state index in [1.54, 1.807) is 36.4 Å². The lowest BCUT2D eigenvalue weighted by molar-refractivity contribution is 0.0730. The van der Waals surface area contributed by atoms with Crippen molar-refractivity contribution in [3.05, 3.63) is 94.5 Å². The zero-order valence-electron chi connectivity index (χ0n) is 13.9. The highest BCUT2D eigenvalue weighted by Gasteiger charge is 2.15. The number of carbonyl (C=O) groups is 2. The fourth-order valence-corrected chi connectivity index (χ4v) is 2.48. The predicted octanol–water partition coefficient (Wildman–Crippen LogP) is 5.09. The molecule has 0 radical (unpaired) electrons. The molecule has 130 valence electrons. The van der Waals surface area contributed by atoms with Crippen LogP contribution in [0.4, 0.5) is 0 Å². The summed E-state index contributed by atoms with van der Waals surface area (Å²) in [7, 11) is 0. The highest BCUT2D eigenvalue weighted by molar-refractivity contribution is 6.33. The number of halogens is 1. The molecule has 0 aromatic heterocycles. The number of aryl methyl sites for hydroxylation is 1. The molecule has 0 fully saturated rings. The fourth-order valence-electron chi connectivity index (χ4n) is 2.23. The number of hydrogen-bond acceptors (Lipinski definition) is 4. The van der Waals surface area contributed by atoms with Crippen LogP contribution in [-0.4, -0.2) is 11.9 Å². The van der Waals surface area contributed by atoms with Gasteiger partial charge in [0.25, 0.3) is 0 Å². The van der Waals surface area contributed by atoms with Crippen LogP contribution in [0.1, 0.15) is 26.3 Å². The summed E-state index contributed by atoms with van der Waals surface area (Å²) in [5.74, 6) is -0.413. The highest BCUT2D eigenvalue weighted by atomic mass is 35.5. The second kappa shape index (κ2) is 7.85. The lowest BCUT2D eigenvalue weighted by Crippen LogP contribution is -2.11. The maximum Gasteiger partial charge on any atom is 0.345 e. The zero-order chi connectivity index (χ0) is 18.5. The molecule has 3 aromatic carbocycles. The van der Waals surface area contributed by atoms with E-state index in [0.29, 0.717) is 11.3 Å². The van der Waals surface area contributed by atoms with Gasteiger partial charge in [0.05, 0.1) is 16.1 Å². The number of ether oxygens (including phenoxy) is 2. The number of rotatable bonds is 4. The van der Waals surface area contributed by atoms with Crippen molar-refractivity contribution >= 4 is 23.5 Å². The summed E-state index contributed by atoms with van der Waals surface area (Å²) in [6.07, 6.45) is 0. The number of hydrogen-bond donors (Lipinski definition) is 0. The molecule has 0 N–H and O–H groups in total. The van der Waals surface area contributed by atoms with E-state index in [9.17, 15) is 9.59 Å². The van der Waals surface area contributed by atoms with E-state index in [4.69, 9.17) is 21.1 Å². The SMILES string of the molecule is Cc1ccc(OC(=O)c2ccc(OC(=O)c3ccccc3)cc2Cl)cc1. The van der Waals surface area contributed by atoms with Gasteiger partial charge in [0.2, 0.25) is 0 Å². The minimum atomic E-state index is -0.584. The van der Waals surface area contributed by atoms with Gasteiger partial charge >= 0.3 is 11.9 Å². The zero-order valence-corrected chi connectivity index (χ0v) is 14.7. The summed E-state index contributed by atoms with van der Waals surface area (Å²) in [5, 5.41) is 0.139. The summed E-state index contributed by atoms with van der Waals surface area (Å²) in [6.45, 7) is 1.94. The molecule has 0 atom stereocenters. The summed E-state index contributed by atoms with van der Waals surface area (Å²) < 4.78 is 10.6. The molecule has 0 aliphatic carbocycles. The quantitative estimate of drug-likeness (QED) is 0.477. The minimum Gasteiger partial charge on any atom is -0.423 e. The van der Waals surface area contributed by atoms with Crippen molar-refractivity contribution in [2.75, 3.05) is 0 Å². The van der Waals surface area contributed by atoms with Crippen LogP contribution >= 0.6 is 11.6 Å². The molecule has 3 aromatic rings. The molecular formula is C21H15ClO4. The second-order valence-corrected chi connectivity index (χ2v) is 6.01. The Morgan fingerprint density at radius 3 is 2.04 bits per heavy atom. The van der Waals surface area contributed by atoms with E-state index in [-0.39, 0.29) is 16.3 Å². The molecule has 5 heteroatoms. The van der Waals surface area contributed by atoms with Crippen molar-refractivity contribution in [3.8, 4) is 11.5 Å². The van der Waals surface area contributed by atoms with E-state index in [2.05, 4.69) is 0 Å². The molecule has 0 spiro atoms. The average Bonchev–Trinajstić information content (AvgIpc) is 2.64. The summed E-state index contributed by atoms with van der Waals surface area (Å²) >= 11 is 6.15. The first-order chi connectivity index (χ1) is 12.5. The van der Waals surface area contributed by atoms with Gasteiger partial charge in [0, 0.05) is 6.07 Å². The van der Waals surface area contributed by atoms with Gasteiger partial charge in [-0.3, -0.25) is 0 Å². The third-order valence-electron chi connectivity index (χ3n) is 3.61. The fraction of sp³-hybridized carbons (Fsp3) is 0.0476. The summed E-state index contributed by atoms with van der Waals surface area (Å²) in [5.41, 5.74) is 1.67. The highest BCUT2D eigenvalue weighted by Crippen LogP contribution is 2.25. The normalized spacial score (nSPS) is 10.2. The monoisotopic (exact) mass is 366 g/mol. The molecule has 0 saturated heterocycles. The molecule has 4 nitrogen and oxygen atoms in total. The molecule has 0 aliphatic heterocycles. The summed E-state index contributed by atoms with van der Waals surface area (Å²) in [4.78, 5) is 24.3. The van der Waals surface area contributed by atoms with Crippen molar-refractivity contribution < 1.29 is 19.1 Å². The topological polar surface area (TPSA) is 52.6 Å². The van der Waals surface area contributed by atoms with Crippen LogP contribution in [0.2, 0.25) is 5.02 Å². The number of carbonyl (C=O) groups excluding carboxylic acids is 2. The van der Waals surface area contributed by atoms with Crippen molar-refractivity contribution in [2.24, 2.45) is 0 Å². The van der Waals surface area contributed by atoms with Gasteiger partial charge in [-0.05, 0) is 43.3 Å². The lowest BCUT2D eigenvalue weighted by atomic mass is 10.2. The van der Waals surface area contributed by atoms with Gasteiger partial charge in [-0.25, -0.2) is 9.59 Å². The Bertz CT molecular complexity index is 934. The van der Waals surface area contributed by atoms with Crippen LogP contribution in [0.3, 0.4) is 0 Å². The molecule has 0 amide bonds. The molecule has 26 heavy (non-hydrogen) atoms. The van der Waals surface area contributed by atoms with Crippen LogP contribution in [0.25, 0.3) is 0 Å². The van der Waals surface area contributed by atoms with E-state index in [0.717, 1.165) is 5.56 Å². The Labute approximate surface area is 155 Å². The van der Waals surface area contributed by atoms with E-state index >= 15 is 0 Å². The maximum absolute atomic E-state index is 12.3. The Morgan fingerprint density at radius 1 is 0.769 bits per heavy atom. The number of benzene rings is 3. The molecule has 0 saturated carbocycles. The van der Waals surface area contributed by atoms with Crippen molar-refractivity contribution in [1.82, 2.24) is 0 Å². The number of esters is 2. The van der Waals surface area contributed by atoms with Crippen LogP contribution in [-0.2, 0) is 0 Å². The van der Waals surface area contributed by atoms with Gasteiger partial charge in [0.15, 0.2) is 0 Å². The third kappa shape index (κ3) is 4.29. The van der Waals surface area contributed by atoms with Crippen molar-refractivity contribution in [2.45, 2.75) is 6.92 Å². The largest absolute Gasteiger partial charge is 0.423 e. The molecule has 3 rings (SSSR count). The van der Waals surface area contributed by atoms with E-state index in [1.165, 1.54) is 18.2 Å². The Balaban J connectivity index is 1.71. The molecule has 0 unspecified atom stereocenters. The smallest absolute Gasteiger partial charge is 0.345 e. The van der Waals surface area contributed by atoms with Crippen molar-refractivity contribution in [3.63, 3.8) is 0 Å². The first-order valence-corrected chi connectivity index (χ1v) is 8.26. The van der Waals surface area contributed by atoms with Crippen LogP contribution in [0, 0.1) is 6.92 Å². The maximum atomic E-state index is 12.3. The van der Waals surface area contributed by atoms with Gasteiger partial charge in [-0.2, -0.15) is 0 Å². The standard InChI is InChI=1S/C21H15ClO4/c1-14-7-9-16(10-8-14)25-21(24)18-12-11-17(13-19(18)22)26-20(23)15-5-3-2-4-6-15/h2-13H,1H3. The van der Waals surface area contributed by atoms with E-state index < -0.39 is 11.9 Å². The lowest BCUT2D eigenvalue weighted by Gasteiger charge is -2.08. The van der Waals surface area contributed by atoms with Crippen LogP contribution in [0.15, 0.2) is 72.8 Å². The minimum absolute atomic E-state index is 0.139. The molecule has 0 heterocycles. The Morgan fingerprint density at radius 2 is 1.38 bits per heavy atom. The van der Waals surface area contributed by atoms with Crippen molar-refractivity contribution in [1.29, 1.82) is 0 Å². The Kier molecular flexibility index (Phi) is 5.34. The van der Waals surface area contributed by atoms with Gasteiger partial charge in [-0.15, -0.1) is 0 Å². The van der Waals surface area contributed by atoms with E-state index in [1.807, 2.05) is 25.1 Å². The summed E-state index contributed by atoms with van der Waals surface area (Å²) in [6, 6.07) is 20.1.